The van der Waals surface area contributed by atoms with Gasteiger partial charge in [0.15, 0.2) is 0 Å². The normalized spacial score (nSPS) is 9.71. The molecule has 1 aromatic carbocycles. The van der Waals surface area contributed by atoms with E-state index in [4.69, 9.17) is 26.2 Å². The highest BCUT2D eigenvalue weighted by Crippen LogP contribution is 2.27. The van der Waals surface area contributed by atoms with E-state index in [0.29, 0.717) is 17.1 Å². The minimum Gasteiger partial charge on any atom is -0.497 e. The molecule has 7 nitrogen and oxygen atoms in total. The van der Waals surface area contributed by atoms with Crippen molar-refractivity contribution in [3.8, 4) is 23.4 Å². The molecule has 0 spiro atoms. The lowest BCUT2D eigenvalue weighted by molar-refractivity contribution is 0.100. The quantitative estimate of drug-likeness (QED) is 0.875. The highest BCUT2D eigenvalue weighted by Gasteiger charge is 2.10. The highest BCUT2D eigenvalue weighted by atomic mass is 16.5. The molecule has 0 atom stereocenters. The van der Waals surface area contributed by atoms with Crippen molar-refractivity contribution in [1.82, 2.24) is 4.98 Å². The number of nitriles is 1. The molecule has 2 aromatic rings. The van der Waals surface area contributed by atoms with Gasteiger partial charge in [0.2, 0.25) is 5.88 Å². The number of ether oxygens (including phenoxy) is 2. The first kappa shape index (κ1) is 14.1. The number of carbonyl (C=O) groups is 1. The average Bonchev–Trinajstić information content (AvgIpc) is 2.48. The molecule has 2 rings (SSSR count). The third-order valence-corrected chi connectivity index (χ3v) is 2.64. The molecule has 0 aliphatic rings. The Bertz CT molecular complexity index is 737. The summed E-state index contributed by atoms with van der Waals surface area (Å²) in [4.78, 5) is 15.2. The second-order valence-corrected chi connectivity index (χ2v) is 4.09. The number of nitrogens with zero attached hydrogens (tertiary/aromatic N) is 2. The number of methoxy groups -OCH3 is 1. The molecule has 0 saturated heterocycles. The number of amides is 1. The van der Waals surface area contributed by atoms with Gasteiger partial charge in [-0.15, -0.1) is 0 Å². The number of benzene rings is 1. The van der Waals surface area contributed by atoms with Crippen molar-refractivity contribution in [2.75, 3.05) is 12.8 Å². The Kier molecular flexibility index (Phi) is 3.90. The van der Waals surface area contributed by atoms with E-state index in [9.17, 15) is 4.79 Å². The fourth-order valence-electron chi connectivity index (χ4n) is 1.65. The number of nitrogen functional groups attached to an aromatic ring is 1. The maximum absolute atomic E-state index is 11.2. The summed E-state index contributed by atoms with van der Waals surface area (Å²) in [5, 5.41) is 8.95. The Morgan fingerprint density at radius 2 is 2.00 bits per heavy atom. The predicted octanol–water partition coefficient (Wildman–Crippen LogP) is 1.44. The van der Waals surface area contributed by atoms with Crippen molar-refractivity contribution in [1.29, 1.82) is 5.26 Å². The second kappa shape index (κ2) is 5.79. The van der Waals surface area contributed by atoms with E-state index in [1.807, 2.05) is 6.07 Å². The minimum atomic E-state index is -0.678. The standard InChI is InChI=1S/C14H12N4O3/c1-20-9-2-8(6-15)3-10(4-9)21-13-5-11(14(17)19)12(16)7-18-13/h2-5,7H,16H2,1H3,(H2,17,19). The summed E-state index contributed by atoms with van der Waals surface area (Å²) in [6.07, 6.45) is 1.28. The molecule has 0 bridgehead atoms. The topological polar surface area (TPSA) is 124 Å². The average molecular weight is 284 g/mol. The van der Waals surface area contributed by atoms with Gasteiger partial charge in [-0.1, -0.05) is 0 Å². The zero-order valence-electron chi connectivity index (χ0n) is 11.2. The Labute approximate surface area is 120 Å². The number of primary amides is 1. The van der Waals surface area contributed by atoms with Crippen molar-refractivity contribution in [3.05, 3.63) is 41.6 Å². The number of aromatic nitrogens is 1. The molecule has 7 heteroatoms. The Balaban J connectivity index is 2.36. The van der Waals surface area contributed by atoms with E-state index >= 15 is 0 Å². The van der Waals surface area contributed by atoms with Crippen LogP contribution in [0.4, 0.5) is 5.69 Å². The largest absolute Gasteiger partial charge is 0.497 e. The van der Waals surface area contributed by atoms with Gasteiger partial charge in [-0.05, 0) is 12.1 Å². The van der Waals surface area contributed by atoms with E-state index in [2.05, 4.69) is 4.98 Å². The molecule has 106 valence electrons. The van der Waals surface area contributed by atoms with Crippen LogP contribution in [-0.4, -0.2) is 18.0 Å². The molecule has 0 aliphatic heterocycles. The van der Waals surface area contributed by atoms with Crippen LogP contribution < -0.4 is 20.9 Å². The zero-order chi connectivity index (χ0) is 15.4. The molecular weight excluding hydrogens is 272 g/mol. The maximum Gasteiger partial charge on any atom is 0.251 e. The first-order valence-electron chi connectivity index (χ1n) is 5.86. The summed E-state index contributed by atoms with van der Waals surface area (Å²) < 4.78 is 10.6. The van der Waals surface area contributed by atoms with Crippen LogP contribution in [0.2, 0.25) is 0 Å². The number of hydrogen-bond acceptors (Lipinski definition) is 6. The lowest BCUT2D eigenvalue weighted by Crippen LogP contribution is -2.13. The molecule has 0 aliphatic carbocycles. The smallest absolute Gasteiger partial charge is 0.251 e. The van der Waals surface area contributed by atoms with E-state index in [-0.39, 0.29) is 17.1 Å². The van der Waals surface area contributed by atoms with Crippen LogP contribution in [0.1, 0.15) is 15.9 Å². The summed E-state index contributed by atoms with van der Waals surface area (Å²) >= 11 is 0. The summed E-state index contributed by atoms with van der Waals surface area (Å²) in [6.45, 7) is 0. The Hall–Kier alpha value is -3.27. The maximum atomic E-state index is 11.2. The van der Waals surface area contributed by atoms with Crippen molar-refractivity contribution in [2.24, 2.45) is 5.73 Å². The van der Waals surface area contributed by atoms with E-state index in [0.717, 1.165) is 0 Å². The van der Waals surface area contributed by atoms with Crippen LogP contribution in [0.15, 0.2) is 30.5 Å². The lowest BCUT2D eigenvalue weighted by Gasteiger charge is -2.09. The fourth-order valence-corrected chi connectivity index (χ4v) is 1.65. The van der Waals surface area contributed by atoms with Gasteiger partial charge in [-0.3, -0.25) is 4.79 Å². The van der Waals surface area contributed by atoms with E-state index in [1.165, 1.54) is 25.4 Å². The van der Waals surface area contributed by atoms with Crippen LogP contribution in [0, 0.1) is 11.3 Å². The SMILES string of the molecule is COc1cc(C#N)cc(Oc2cc(C(N)=O)c(N)cn2)c1. The van der Waals surface area contributed by atoms with Crippen molar-refractivity contribution in [3.63, 3.8) is 0 Å². The highest BCUT2D eigenvalue weighted by molar-refractivity contribution is 5.98. The summed E-state index contributed by atoms with van der Waals surface area (Å²) in [7, 11) is 1.48. The van der Waals surface area contributed by atoms with Crippen molar-refractivity contribution in [2.45, 2.75) is 0 Å². The number of nitrogens with two attached hydrogens (primary N) is 2. The first-order valence-corrected chi connectivity index (χ1v) is 5.86. The number of hydrogen-bond donors (Lipinski definition) is 2. The molecule has 4 N–H and O–H groups in total. The van der Waals surface area contributed by atoms with Crippen LogP contribution in [0.3, 0.4) is 0 Å². The third-order valence-electron chi connectivity index (χ3n) is 2.64. The van der Waals surface area contributed by atoms with Gasteiger partial charge in [0.05, 0.1) is 36.2 Å². The molecule has 0 saturated carbocycles. The van der Waals surface area contributed by atoms with Gasteiger partial charge in [-0.25, -0.2) is 4.98 Å². The summed E-state index contributed by atoms with van der Waals surface area (Å²) in [6, 6.07) is 8.00. The number of rotatable bonds is 4. The molecule has 1 heterocycles. The summed E-state index contributed by atoms with van der Waals surface area (Å²) in [5.74, 6) is 0.270. The molecule has 0 radical (unpaired) electrons. The van der Waals surface area contributed by atoms with Crippen LogP contribution in [-0.2, 0) is 0 Å². The van der Waals surface area contributed by atoms with Gasteiger partial charge < -0.3 is 20.9 Å². The molecule has 0 unspecified atom stereocenters. The van der Waals surface area contributed by atoms with Crippen LogP contribution in [0.5, 0.6) is 17.4 Å². The van der Waals surface area contributed by atoms with Gasteiger partial charge in [-0.2, -0.15) is 5.26 Å². The molecule has 0 fully saturated rings. The van der Waals surface area contributed by atoms with Gasteiger partial charge in [0.25, 0.3) is 5.91 Å². The van der Waals surface area contributed by atoms with Crippen molar-refractivity contribution >= 4 is 11.6 Å². The van der Waals surface area contributed by atoms with Gasteiger partial charge in [0.1, 0.15) is 11.5 Å². The first-order chi connectivity index (χ1) is 10.0. The number of anilines is 1. The van der Waals surface area contributed by atoms with Gasteiger partial charge >= 0.3 is 0 Å². The van der Waals surface area contributed by atoms with Crippen LogP contribution in [0.25, 0.3) is 0 Å². The molecule has 21 heavy (non-hydrogen) atoms. The number of pyridine rings is 1. The molecule has 1 amide bonds. The Morgan fingerprint density at radius 1 is 1.29 bits per heavy atom. The summed E-state index contributed by atoms with van der Waals surface area (Å²) in [5.41, 5.74) is 11.4. The second-order valence-electron chi connectivity index (χ2n) is 4.09. The van der Waals surface area contributed by atoms with E-state index < -0.39 is 5.91 Å². The molecular formula is C14H12N4O3. The zero-order valence-corrected chi connectivity index (χ0v) is 11.2. The minimum absolute atomic E-state index is 0.114. The van der Waals surface area contributed by atoms with Gasteiger partial charge in [0, 0.05) is 12.1 Å². The monoisotopic (exact) mass is 284 g/mol. The predicted molar refractivity (Wildman–Crippen MR) is 75.0 cm³/mol. The lowest BCUT2D eigenvalue weighted by atomic mass is 10.2. The van der Waals surface area contributed by atoms with Crippen molar-refractivity contribution < 1.29 is 14.3 Å². The van der Waals surface area contributed by atoms with E-state index in [1.54, 1.807) is 12.1 Å². The van der Waals surface area contributed by atoms with Crippen LogP contribution >= 0.6 is 0 Å². The molecule has 1 aromatic heterocycles. The Morgan fingerprint density at radius 3 is 2.62 bits per heavy atom. The number of carbonyl (C=O) groups excluding carboxylic acids is 1. The third kappa shape index (κ3) is 3.19. The fraction of sp³-hybridized carbons (Fsp3) is 0.0714.